The van der Waals surface area contributed by atoms with Crippen LogP contribution < -0.4 is 0 Å². The number of piperidine rings is 1. The Morgan fingerprint density at radius 3 is 2.40 bits per heavy atom. The van der Waals surface area contributed by atoms with Crippen LogP contribution in [0.2, 0.25) is 0 Å². The molecule has 1 fully saturated rings. The molecule has 0 unspecified atom stereocenters. The number of rotatable bonds is 8. The Morgan fingerprint density at radius 2 is 1.66 bits per heavy atom. The lowest BCUT2D eigenvalue weighted by Crippen LogP contribution is -2.41. The third-order valence-corrected chi connectivity index (χ3v) is 6.88. The van der Waals surface area contributed by atoms with Crippen LogP contribution in [0.4, 0.5) is 4.39 Å². The van der Waals surface area contributed by atoms with Gasteiger partial charge in [0.15, 0.2) is 0 Å². The maximum atomic E-state index is 13.5. The van der Waals surface area contributed by atoms with Gasteiger partial charge in [0.05, 0.1) is 0 Å². The fourth-order valence-corrected chi connectivity index (χ4v) is 4.89. The van der Waals surface area contributed by atoms with Crippen molar-refractivity contribution in [2.24, 2.45) is 11.1 Å². The SMILES string of the molecule is O=C1c2ccccc2CN1CC1CCN(CC(=NOCc2ccccc2)c2ccc(F)cc2)CC1. The van der Waals surface area contributed by atoms with E-state index in [2.05, 4.69) is 10.1 Å². The van der Waals surface area contributed by atoms with Crippen LogP contribution in [-0.4, -0.2) is 47.6 Å². The van der Waals surface area contributed by atoms with E-state index in [-0.39, 0.29) is 11.7 Å². The summed E-state index contributed by atoms with van der Waals surface area (Å²) in [6, 6.07) is 24.2. The van der Waals surface area contributed by atoms with Gasteiger partial charge in [0.1, 0.15) is 18.1 Å². The minimum absolute atomic E-state index is 0.157. The van der Waals surface area contributed by atoms with E-state index in [9.17, 15) is 9.18 Å². The van der Waals surface area contributed by atoms with Gasteiger partial charge in [-0.05, 0) is 61.2 Å². The van der Waals surface area contributed by atoms with E-state index in [1.165, 1.54) is 12.1 Å². The van der Waals surface area contributed by atoms with Gasteiger partial charge in [-0.1, -0.05) is 65.8 Å². The van der Waals surface area contributed by atoms with Crippen molar-refractivity contribution >= 4 is 11.6 Å². The summed E-state index contributed by atoms with van der Waals surface area (Å²) in [7, 11) is 0. The van der Waals surface area contributed by atoms with Gasteiger partial charge in [-0.3, -0.25) is 9.69 Å². The fraction of sp³-hybridized carbons (Fsp3) is 0.310. The van der Waals surface area contributed by atoms with Gasteiger partial charge in [-0.15, -0.1) is 0 Å². The number of hydrogen-bond acceptors (Lipinski definition) is 4. The molecule has 5 nitrogen and oxygen atoms in total. The second-order valence-corrected chi connectivity index (χ2v) is 9.37. The second kappa shape index (κ2) is 10.8. The number of nitrogens with zero attached hydrogens (tertiary/aromatic N) is 3. The van der Waals surface area contributed by atoms with Crippen LogP contribution in [0.15, 0.2) is 84.0 Å². The first-order chi connectivity index (χ1) is 17.2. The highest BCUT2D eigenvalue weighted by molar-refractivity contribution is 6.01. The first kappa shape index (κ1) is 23.2. The van der Waals surface area contributed by atoms with E-state index in [0.717, 1.165) is 67.0 Å². The van der Waals surface area contributed by atoms with Crippen LogP contribution in [0.25, 0.3) is 0 Å². The molecule has 2 aliphatic heterocycles. The fourth-order valence-electron chi connectivity index (χ4n) is 4.89. The number of amides is 1. The standard InChI is InChI=1S/C29H30FN3O2/c30-26-12-10-24(11-13-26)28(31-35-21-23-6-2-1-3-7-23)20-32-16-14-22(15-17-32)18-33-19-25-8-4-5-9-27(25)29(33)34/h1-13,22H,14-21H2. The normalized spacial score (nSPS) is 17.0. The average molecular weight is 472 g/mol. The van der Waals surface area contributed by atoms with Gasteiger partial charge in [0.2, 0.25) is 0 Å². The quantitative estimate of drug-likeness (QED) is 0.339. The third-order valence-electron chi connectivity index (χ3n) is 6.88. The molecule has 35 heavy (non-hydrogen) atoms. The van der Waals surface area contributed by atoms with Crippen LogP contribution in [0, 0.1) is 11.7 Å². The number of halogens is 1. The molecule has 6 heteroatoms. The Balaban J connectivity index is 1.17. The van der Waals surface area contributed by atoms with Gasteiger partial charge in [0.25, 0.3) is 5.91 Å². The lowest BCUT2D eigenvalue weighted by atomic mass is 9.95. The van der Waals surface area contributed by atoms with Crippen LogP contribution in [-0.2, 0) is 18.0 Å². The largest absolute Gasteiger partial charge is 0.391 e. The number of carbonyl (C=O) groups is 1. The molecule has 0 atom stereocenters. The molecule has 3 aromatic rings. The predicted molar refractivity (Wildman–Crippen MR) is 135 cm³/mol. The summed E-state index contributed by atoms with van der Waals surface area (Å²) in [4.78, 5) is 22.8. The molecule has 2 heterocycles. The van der Waals surface area contributed by atoms with Gasteiger partial charge in [-0.25, -0.2) is 4.39 Å². The van der Waals surface area contributed by atoms with Crippen molar-refractivity contribution in [1.29, 1.82) is 0 Å². The molecule has 0 spiro atoms. The molecule has 1 saturated heterocycles. The number of hydrogen-bond donors (Lipinski definition) is 0. The van der Waals surface area contributed by atoms with E-state index in [1.54, 1.807) is 12.1 Å². The molecular weight excluding hydrogens is 441 g/mol. The molecule has 1 amide bonds. The van der Waals surface area contributed by atoms with E-state index in [1.807, 2.05) is 59.5 Å². The van der Waals surface area contributed by atoms with Crippen molar-refractivity contribution in [2.45, 2.75) is 26.0 Å². The molecule has 0 aliphatic carbocycles. The lowest BCUT2D eigenvalue weighted by Gasteiger charge is -2.34. The molecule has 180 valence electrons. The summed E-state index contributed by atoms with van der Waals surface area (Å²) in [5, 5.41) is 4.45. The first-order valence-electron chi connectivity index (χ1n) is 12.2. The molecule has 0 aromatic heterocycles. The maximum Gasteiger partial charge on any atom is 0.254 e. The lowest BCUT2D eigenvalue weighted by molar-refractivity contribution is 0.0718. The Morgan fingerprint density at radius 1 is 0.943 bits per heavy atom. The number of carbonyl (C=O) groups excluding carboxylic acids is 1. The minimum atomic E-state index is -0.266. The minimum Gasteiger partial charge on any atom is -0.391 e. The van der Waals surface area contributed by atoms with E-state index < -0.39 is 0 Å². The van der Waals surface area contributed by atoms with Gasteiger partial charge >= 0.3 is 0 Å². The van der Waals surface area contributed by atoms with Crippen LogP contribution in [0.3, 0.4) is 0 Å². The van der Waals surface area contributed by atoms with E-state index in [0.29, 0.717) is 19.1 Å². The Bertz CT molecular complexity index is 1170. The number of likely N-dealkylation sites (tertiary alicyclic amines) is 1. The highest BCUT2D eigenvalue weighted by Gasteiger charge is 2.30. The van der Waals surface area contributed by atoms with Crippen LogP contribution in [0.1, 0.15) is 39.9 Å². The summed E-state index contributed by atoms with van der Waals surface area (Å²) in [6.07, 6.45) is 2.06. The molecule has 3 aromatic carbocycles. The molecule has 0 radical (unpaired) electrons. The van der Waals surface area contributed by atoms with Crippen molar-refractivity contribution in [3.05, 3.63) is 107 Å². The van der Waals surface area contributed by atoms with Gasteiger partial charge < -0.3 is 9.74 Å². The summed E-state index contributed by atoms with van der Waals surface area (Å²) >= 11 is 0. The van der Waals surface area contributed by atoms with Crippen molar-refractivity contribution in [3.63, 3.8) is 0 Å². The third kappa shape index (κ3) is 5.77. The zero-order chi connectivity index (χ0) is 24.0. The average Bonchev–Trinajstić information content (AvgIpc) is 3.21. The Hall–Kier alpha value is -3.51. The predicted octanol–water partition coefficient (Wildman–Crippen LogP) is 5.11. The van der Waals surface area contributed by atoms with E-state index >= 15 is 0 Å². The van der Waals surface area contributed by atoms with Crippen molar-refractivity contribution in [1.82, 2.24) is 9.80 Å². The summed E-state index contributed by atoms with van der Waals surface area (Å²) in [6.45, 7) is 4.41. The van der Waals surface area contributed by atoms with Crippen molar-refractivity contribution < 1.29 is 14.0 Å². The monoisotopic (exact) mass is 471 g/mol. The van der Waals surface area contributed by atoms with Crippen molar-refractivity contribution in [3.8, 4) is 0 Å². The number of fused-ring (bicyclic) bond motifs is 1. The number of oxime groups is 1. The van der Waals surface area contributed by atoms with Gasteiger partial charge in [0, 0.05) is 30.8 Å². The smallest absolute Gasteiger partial charge is 0.254 e. The molecule has 0 saturated carbocycles. The second-order valence-electron chi connectivity index (χ2n) is 9.37. The van der Waals surface area contributed by atoms with Crippen LogP contribution >= 0.6 is 0 Å². The Kier molecular flexibility index (Phi) is 7.19. The summed E-state index contributed by atoms with van der Waals surface area (Å²) in [5.74, 6) is 0.382. The zero-order valence-electron chi connectivity index (χ0n) is 19.8. The first-order valence-corrected chi connectivity index (χ1v) is 12.2. The molecule has 0 bridgehead atoms. The number of benzene rings is 3. The highest BCUT2D eigenvalue weighted by atomic mass is 19.1. The van der Waals surface area contributed by atoms with Crippen LogP contribution in [0.5, 0.6) is 0 Å². The maximum absolute atomic E-state index is 13.5. The summed E-state index contributed by atoms with van der Waals surface area (Å²) < 4.78 is 13.5. The molecule has 2 aliphatic rings. The Labute approximate surface area is 205 Å². The topological polar surface area (TPSA) is 45.1 Å². The van der Waals surface area contributed by atoms with E-state index in [4.69, 9.17) is 4.84 Å². The molecule has 5 rings (SSSR count). The van der Waals surface area contributed by atoms with Crippen molar-refractivity contribution in [2.75, 3.05) is 26.2 Å². The molecular formula is C29H30FN3O2. The van der Waals surface area contributed by atoms with Gasteiger partial charge in [-0.2, -0.15) is 0 Å². The zero-order valence-corrected chi connectivity index (χ0v) is 19.8. The highest BCUT2D eigenvalue weighted by Crippen LogP contribution is 2.26. The summed E-state index contributed by atoms with van der Waals surface area (Å²) in [5.41, 5.74) is 4.69. The molecule has 0 N–H and O–H groups in total.